The van der Waals surface area contributed by atoms with Crippen molar-refractivity contribution in [3.05, 3.63) is 28.2 Å². The van der Waals surface area contributed by atoms with Crippen LogP contribution in [0.3, 0.4) is 0 Å². The van der Waals surface area contributed by atoms with E-state index in [0.29, 0.717) is 28.7 Å². The molecule has 0 aliphatic rings. The summed E-state index contributed by atoms with van der Waals surface area (Å²) in [6.45, 7) is 0. The first-order chi connectivity index (χ1) is 6.74. The van der Waals surface area contributed by atoms with Crippen LogP contribution >= 0.6 is 0 Å². The number of aldehydes is 1. The first-order valence-electron chi connectivity index (χ1n) is 3.90. The van der Waals surface area contributed by atoms with Crippen LogP contribution in [0.1, 0.15) is 10.4 Å². The molecule has 5 heteroatoms. The molecule has 0 saturated heterocycles. The molecular formula is C9H7NO4. The summed E-state index contributed by atoms with van der Waals surface area (Å²) >= 11 is 0. The molecule has 72 valence electrons. The van der Waals surface area contributed by atoms with Crippen LogP contribution in [-0.2, 0) is 0 Å². The maximum Gasteiger partial charge on any atom is 0.417 e. The molecule has 5 nitrogen and oxygen atoms in total. The number of ether oxygens (including phenoxy) is 1. The van der Waals surface area contributed by atoms with E-state index in [-0.39, 0.29) is 0 Å². The number of rotatable bonds is 2. The molecule has 0 bridgehead atoms. The Kier molecular flexibility index (Phi) is 1.85. The SMILES string of the molecule is COc1cc2[nH]c(=O)oc2cc1C=O. The van der Waals surface area contributed by atoms with Gasteiger partial charge in [0.2, 0.25) is 0 Å². The highest BCUT2D eigenvalue weighted by molar-refractivity contribution is 5.87. The van der Waals surface area contributed by atoms with Crippen LogP contribution in [0.2, 0.25) is 0 Å². The van der Waals surface area contributed by atoms with E-state index in [9.17, 15) is 9.59 Å². The summed E-state index contributed by atoms with van der Waals surface area (Å²) in [4.78, 5) is 23.9. The van der Waals surface area contributed by atoms with E-state index in [1.165, 1.54) is 13.2 Å². The standard InChI is InChI=1S/C9H7NO4/c1-13-7-3-6-8(2-5(7)4-11)14-9(12)10-6/h2-4H,1H3,(H,10,12). The fourth-order valence-corrected chi connectivity index (χ4v) is 1.26. The summed E-state index contributed by atoms with van der Waals surface area (Å²) in [5.74, 6) is -0.144. The van der Waals surface area contributed by atoms with Gasteiger partial charge in [0.1, 0.15) is 5.75 Å². The number of oxazole rings is 1. The molecule has 0 amide bonds. The smallest absolute Gasteiger partial charge is 0.417 e. The van der Waals surface area contributed by atoms with Crippen molar-refractivity contribution in [2.75, 3.05) is 7.11 Å². The third kappa shape index (κ3) is 1.19. The van der Waals surface area contributed by atoms with Gasteiger partial charge in [-0.3, -0.25) is 9.78 Å². The van der Waals surface area contributed by atoms with E-state index < -0.39 is 5.76 Å². The number of fused-ring (bicyclic) bond motifs is 1. The monoisotopic (exact) mass is 193 g/mol. The normalized spacial score (nSPS) is 10.4. The second-order valence-electron chi connectivity index (χ2n) is 2.72. The molecule has 0 radical (unpaired) electrons. The molecule has 0 aliphatic heterocycles. The molecule has 0 atom stereocenters. The molecule has 0 aliphatic carbocycles. The van der Waals surface area contributed by atoms with Crippen molar-refractivity contribution in [3.63, 3.8) is 0 Å². The Morgan fingerprint density at radius 1 is 1.50 bits per heavy atom. The van der Waals surface area contributed by atoms with E-state index >= 15 is 0 Å². The first-order valence-corrected chi connectivity index (χ1v) is 3.90. The fourth-order valence-electron chi connectivity index (χ4n) is 1.26. The molecular weight excluding hydrogens is 186 g/mol. The zero-order chi connectivity index (χ0) is 10.1. The topological polar surface area (TPSA) is 72.3 Å². The largest absolute Gasteiger partial charge is 0.496 e. The summed E-state index contributed by atoms with van der Waals surface area (Å²) in [7, 11) is 1.45. The van der Waals surface area contributed by atoms with Gasteiger partial charge in [0.15, 0.2) is 11.9 Å². The summed E-state index contributed by atoms with van der Waals surface area (Å²) in [6.07, 6.45) is 0.644. The van der Waals surface area contributed by atoms with Gasteiger partial charge in [0, 0.05) is 6.07 Å². The van der Waals surface area contributed by atoms with E-state index in [2.05, 4.69) is 4.98 Å². The minimum absolute atomic E-state index is 0.345. The fraction of sp³-hybridized carbons (Fsp3) is 0.111. The van der Waals surface area contributed by atoms with E-state index in [1.54, 1.807) is 6.07 Å². The van der Waals surface area contributed by atoms with Crippen LogP contribution in [0, 0.1) is 0 Å². The Bertz CT molecular complexity index is 537. The lowest BCUT2D eigenvalue weighted by atomic mass is 10.2. The number of aromatic amines is 1. The summed E-state index contributed by atoms with van der Waals surface area (Å²) < 4.78 is 9.74. The number of carbonyl (C=O) groups is 1. The summed E-state index contributed by atoms with van der Waals surface area (Å²) in [5.41, 5.74) is 1.21. The van der Waals surface area contributed by atoms with Gasteiger partial charge in [0.25, 0.3) is 0 Å². The molecule has 0 fully saturated rings. The molecule has 0 saturated carbocycles. The average molecular weight is 193 g/mol. The number of hydrogen-bond donors (Lipinski definition) is 1. The molecule has 1 N–H and O–H groups in total. The molecule has 2 aromatic rings. The third-order valence-corrected chi connectivity index (χ3v) is 1.90. The van der Waals surface area contributed by atoms with Crippen molar-refractivity contribution in [2.24, 2.45) is 0 Å². The Hall–Kier alpha value is -2.04. The van der Waals surface area contributed by atoms with Crippen molar-refractivity contribution >= 4 is 17.4 Å². The predicted molar refractivity (Wildman–Crippen MR) is 48.8 cm³/mol. The van der Waals surface area contributed by atoms with Crippen LogP contribution in [0.25, 0.3) is 11.1 Å². The van der Waals surface area contributed by atoms with E-state index in [4.69, 9.17) is 9.15 Å². The van der Waals surface area contributed by atoms with Gasteiger partial charge in [-0.2, -0.15) is 0 Å². The second kappa shape index (κ2) is 3.02. The van der Waals surface area contributed by atoms with Crippen molar-refractivity contribution in [3.8, 4) is 5.75 Å². The molecule has 0 unspecified atom stereocenters. The minimum Gasteiger partial charge on any atom is -0.496 e. The zero-order valence-corrected chi connectivity index (χ0v) is 7.37. The molecule has 14 heavy (non-hydrogen) atoms. The zero-order valence-electron chi connectivity index (χ0n) is 7.37. The van der Waals surface area contributed by atoms with Crippen molar-refractivity contribution in [1.82, 2.24) is 4.98 Å². The third-order valence-electron chi connectivity index (χ3n) is 1.90. The van der Waals surface area contributed by atoms with Crippen molar-refractivity contribution < 1.29 is 13.9 Å². The Labute approximate surface area is 78.3 Å². The molecule has 1 heterocycles. The van der Waals surface area contributed by atoms with Crippen molar-refractivity contribution in [2.45, 2.75) is 0 Å². The average Bonchev–Trinajstić information content (AvgIpc) is 2.54. The van der Waals surface area contributed by atoms with Crippen LogP contribution in [0.15, 0.2) is 21.3 Å². The van der Waals surface area contributed by atoms with Gasteiger partial charge in [-0.15, -0.1) is 0 Å². The van der Waals surface area contributed by atoms with E-state index in [0.717, 1.165) is 0 Å². The minimum atomic E-state index is -0.551. The number of nitrogens with one attached hydrogen (secondary N) is 1. The maximum absolute atomic E-state index is 10.8. The number of aromatic nitrogens is 1. The van der Waals surface area contributed by atoms with Gasteiger partial charge < -0.3 is 9.15 Å². The maximum atomic E-state index is 10.8. The Morgan fingerprint density at radius 2 is 2.29 bits per heavy atom. The van der Waals surface area contributed by atoms with Crippen LogP contribution < -0.4 is 10.5 Å². The van der Waals surface area contributed by atoms with Gasteiger partial charge >= 0.3 is 5.76 Å². The lowest BCUT2D eigenvalue weighted by molar-refractivity contribution is 0.112. The molecule has 1 aromatic heterocycles. The van der Waals surface area contributed by atoms with Gasteiger partial charge in [0.05, 0.1) is 18.2 Å². The number of H-pyrrole nitrogens is 1. The molecule has 1 aromatic carbocycles. The van der Waals surface area contributed by atoms with Crippen LogP contribution in [0.4, 0.5) is 0 Å². The highest BCUT2D eigenvalue weighted by Gasteiger charge is 2.08. The van der Waals surface area contributed by atoms with Crippen LogP contribution in [-0.4, -0.2) is 18.4 Å². The summed E-state index contributed by atoms with van der Waals surface area (Å²) in [5, 5.41) is 0. The van der Waals surface area contributed by atoms with Gasteiger partial charge in [-0.05, 0) is 6.07 Å². The highest BCUT2D eigenvalue weighted by Crippen LogP contribution is 2.22. The lowest BCUT2D eigenvalue weighted by Crippen LogP contribution is -1.93. The predicted octanol–water partition coefficient (Wildman–Crippen LogP) is 0.942. The lowest BCUT2D eigenvalue weighted by Gasteiger charge is -2.01. The molecule has 0 spiro atoms. The number of benzene rings is 1. The number of carbonyl (C=O) groups excluding carboxylic acids is 1. The summed E-state index contributed by atoms with van der Waals surface area (Å²) in [6, 6.07) is 3.00. The highest BCUT2D eigenvalue weighted by atomic mass is 16.5. The van der Waals surface area contributed by atoms with Crippen LogP contribution in [0.5, 0.6) is 5.75 Å². The molecule has 2 rings (SSSR count). The van der Waals surface area contributed by atoms with Gasteiger partial charge in [-0.1, -0.05) is 0 Å². The Morgan fingerprint density at radius 3 is 2.93 bits per heavy atom. The van der Waals surface area contributed by atoms with E-state index in [1.807, 2.05) is 0 Å². The first kappa shape index (κ1) is 8.55. The van der Waals surface area contributed by atoms with Gasteiger partial charge in [-0.25, -0.2) is 4.79 Å². The Balaban J connectivity index is 2.80. The second-order valence-corrected chi connectivity index (χ2v) is 2.72. The number of hydrogen-bond acceptors (Lipinski definition) is 4. The number of methoxy groups -OCH3 is 1. The van der Waals surface area contributed by atoms with Crippen molar-refractivity contribution in [1.29, 1.82) is 0 Å². The quantitative estimate of drug-likeness (QED) is 0.720.